The molecule has 262 valence electrons. The quantitative estimate of drug-likeness (QED) is 0.0721. The summed E-state index contributed by atoms with van der Waals surface area (Å²) in [6.07, 6.45) is 0. The number of azo groups is 2. The van der Waals surface area contributed by atoms with Crippen molar-refractivity contribution in [3.63, 3.8) is 0 Å². The molecule has 0 saturated carbocycles. The van der Waals surface area contributed by atoms with Crippen molar-refractivity contribution in [2.75, 3.05) is 0 Å². The van der Waals surface area contributed by atoms with Crippen LogP contribution in [0.2, 0.25) is 0 Å². The van der Waals surface area contributed by atoms with Crippen LogP contribution in [0.1, 0.15) is 13.8 Å². The Morgan fingerprint density at radius 2 is 0.815 bits per heavy atom. The standard InChI is InChI=1S/C36H28N6O8S2.2Na/c1-21(43)37-35-29-9-5-3-7-27(29)33(51(45,46)47)19-31(35)41-39-25-15-11-23(12-16-25)24-13-17-26(18-14-24)40-42-32-20-34(52(48,49)50)28-8-4-6-10-30(28)36(32)38-22(2)44;;/h3-20H,1-2H3,(H,37,43)(H,38,44)(H,45,46,47)(H,48,49,50);;/q;2*+1/p-2. The minimum absolute atomic E-state index is 0. The van der Waals surface area contributed by atoms with Gasteiger partial charge in [0.05, 0.1) is 22.7 Å². The zero-order valence-corrected chi connectivity index (χ0v) is 34.9. The Balaban J connectivity index is 0.00000325. The van der Waals surface area contributed by atoms with Crippen molar-refractivity contribution in [2.24, 2.45) is 30.4 Å². The molecule has 18 heteroatoms. The summed E-state index contributed by atoms with van der Waals surface area (Å²) in [5, 5.41) is 41.6. The molecule has 0 atom stereocenters. The predicted molar refractivity (Wildman–Crippen MR) is 193 cm³/mol. The van der Waals surface area contributed by atoms with E-state index in [1.54, 1.807) is 84.9 Å². The van der Waals surface area contributed by atoms with Gasteiger partial charge in [0.1, 0.15) is 21.2 Å². The molecule has 0 aliphatic rings. The van der Waals surface area contributed by atoms with Crippen molar-refractivity contribution in [1.29, 1.82) is 0 Å². The van der Waals surface area contributed by atoms with Gasteiger partial charge in [-0.15, -0.1) is 10.2 Å². The third kappa shape index (κ3) is 9.72. The maximum absolute atomic E-state index is 12.2. The zero-order valence-electron chi connectivity index (χ0n) is 29.2. The molecular weight excluding hydrogens is 755 g/mol. The maximum Gasteiger partial charge on any atom is 1.00 e. The summed E-state index contributed by atoms with van der Waals surface area (Å²) in [5.74, 6) is -1.07. The van der Waals surface area contributed by atoms with E-state index in [9.17, 15) is 36.2 Å². The molecule has 2 N–H and O–H groups in total. The van der Waals surface area contributed by atoms with Gasteiger partial charge in [-0.2, -0.15) is 27.1 Å². The summed E-state index contributed by atoms with van der Waals surface area (Å²) in [5.41, 5.74) is 2.54. The van der Waals surface area contributed by atoms with Gasteiger partial charge in [-0.3, -0.25) is 19.1 Å². The van der Waals surface area contributed by atoms with Crippen LogP contribution < -0.4 is 69.3 Å². The number of aliphatic imine (C=N–C) groups is 2. The van der Waals surface area contributed by atoms with Gasteiger partial charge in [0.2, 0.25) is 0 Å². The largest absolute Gasteiger partial charge is 1.00 e. The Bertz CT molecular complexity index is 2530. The number of hydrogen-bond donors (Lipinski definition) is 2. The average molecular weight is 781 g/mol. The first-order valence-corrected chi connectivity index (χ1v) is 18.1. The van der Waals surface area contributed by atoms with Crippen LogP contribution in [0.15, 0.2) is 149 Å². The van der Waals surface area contributed by atoms with Crippen molar-refractivity contribution in [3.05, 3.63) is 109 Å². The Morgan fingerprint density at radius 1 is 0.500 bits per heavy atom. The topological polar surface area (TPSA) is 229 Å². The minimum Gasteiger partial charge on any atom is -0.862 e. The van der Waals surface area contributed by atoms with Gasteiger partial charge < -0.3 is 10.2 Å². The molecule has 0 amide bonds. The van der Waals surface area contributed by atoms with Crippen LogP contribution >= 0.6 is 0 Å². The van der Waals surface area contributed by atoms with Crippen molar-refractivity contribution in [3.8, 4) is 11.1 Å². The van der Waals surface area contributed by atoms with Gasteiger partial charge in [0.15, 0.2) is 0 Å². The summed E-state index contributed by atoms with van der Waals surface area (Å²) in [4.78, 5) is 7.24. The Kier molecular flexibility index (Phi) is 13.8. The predicted octanol–water partition coefficient (Wildman–Crippen LogP) is 1.81. The fourth-order valence-corrected chi connectivity index (χ4v) is 6.85. The molecule has 6 aromatic rings. The zero-order chi connectivity index (χ0) is 37.2. The van der Waals surface area contributed by atoms with Gasteiger partial charge in [-0.25, -0.2) is 0 Å². The van der Waals surface area contributed by atoms with E-state index in [2.05, 4.69) is 30.4 Å². The fourth-order valence-electron chi connectivity index (χ4n) is 5.42. The number of fused-ring (bicyclic) bond motifs is 2. The van der Waals surface area contributed by atoms with E-state index in [0.29, 0.717) is 22.1 Å². The second kappa shape index (κ2) is 17.5. The molecule has 6 aromatic carbocycles. The number of rotatable bonds is 9. The molecule has 0 aromatic heterocycles. The average Bonchev–Trinajstić information content (AvgIpc) is 3.10. The first-order chi connectivity index (χ1) is 24.7. The van der Waals surface area contributed by atoms with E-state index in [4.69, 9.17) is 0 Å². The van der Waals surface area contributed by atoms with Crippen LogP contribution in [0.25, 0.3) is 32.7 Å². The van der Waals surface area contributed by atoms with Crippen molar-refractivity contribution in [2.45, 2.75) is 23.6 Å². The van der Waals surface area contributed by atoms with Crippen LogP contribution in [0.4, 0.5) is 34.1 Å². The van der Waals surface area contributed by atoms with Crippen molar-refractivity contribution < 1.29 is 95.3 Å². The first-order valence-electron chi connectivity index (χ1n) is 15.2. The molecule has 0 fully saturated rings. The van der Waals surface area contributed by atoms with E-state index in [-0.39, 0.29) is 92.6 Å². The second-order valence-electron chi connectivity index (χ2n) is 11.3. The SMILES string of the molecule is CC([O-])=Nc1c(N=Nc2ccc(-c3ccc(N=Nc4cc(S(=O)(=O)O)c5ccccc5c4N=C(C)[O-])cc3)cc2)cc(S(=O)(=O)O)c2ccccc12.[Na+].[Na+]. The van der Waals surface area contributed by atoms with Crippen LogP contribution in [0, 0.1) is 0 Å². The summed E-state index contributed by atoms with van der Waals surface area (Å²) in [6, 6.07) is 28.6. The summed E-state index contributed by atoms with van der Waals surface area (Å²) >= 11 is 0. The molecule has 0 aliphatic carbocycles. The molecule has 0 heterocycles. The van der Waals surface area contributed by atoms with Crippen LogP contribution in [0.5, 0.6) is 0 Å². The monoisotopic (exact) mass is 780 g/mol. The van der Waals surface area contributed by atoms with E-state index < -0.39 is 41.8 Å². The van der Waals surface area contributed by atoms with Crippen molar-refractivity contribution in [1.82, 2.24) is 0 Å². The molecule has 6 rings (SSSR count). The second-order valence-corrected chi connectivity index (χ2v) is 14.1. The van der Waals surface area contributed by atoms with Crippen molar-refractivity contribution >= 4 is 87.7 Å². The van der Waals surface area contributed by atoms with Crippen LogP contribution in [0.3, 0.4) is 0 Å². The van der Waals surface area contributed by atoms with Gasteiger partial charge in [0, 0.05) is 21.5 Å². The maximum atomic E-state index is 12.2. The van der Waals surface area contributed by atoms with E-state index in [0.717, 1.165) is 23.3 Å². The Morgan fingerprint density at radius 3 is 1.11 bits per heavy atom. The van der Waals surface area contributed by atoms with Gasteiger partial charge >= 0.3 is 59.1 Å². The number of hydrogen-bond acceptors (Lipinski definition) is 12. The van der Waals surface area contributed by atoms with Crippen LogP contribution in [-0.4, -0.2) is 37.7 Å². The minimum atomic E-state index is -4.65. The molecular formula is C36H26N6Na2O8S2. The summed E-state index contributed by atoms with van der Waals surface area (Å²) in [7, 11) is -9.29. The van der Waals surface area contributed by atoms with Gasteiger partial charge in [-0.05, 0) is 73.2 Å². The third-order valence-corrected chi connectivity index (χ3v) is 9.41. The Labute approximate surface area is 354 Å². The van der Waals surface area contributed by atoms with Gasteiger partial charge in [0.25, 0.3) is 20.2 Å². The fraction of sp³-hybridized carbons (Fsp3) is 0.0556. The number of nitrogens with zero attached hydrogens (tertiary/aromatic N) is 6. The molecule has 0 aliphatic heterocycles. The molecule has 0 spiro atoms. The Hall–Kier alpha value is -4.20. The summed E-state index contributed by atoms with van der Waals surface area (Å²) < 4.78 is 68.4. The molecule has 0 unspecified atom stereocenters. The molecule has 14 nitrogen and oxygen atoms in total. The summed E-state index contributed by atoms with van der Waals surface area (Å²) in [6.45, 7) is 2.49. The molecule has 0 saturated heterocycles. The van der Waals surface area contributed by atoms with E-state index in [1.165, 1.54) is 26.0 Å². The van der Waals surface area contributed by atoms with E-state index >= 15 is 0 Å². The smallest absolute Gasteiger partial charge is 0.862 e. The van der Waals surface area contributed by atoms with E-state index in [1.807, 2.05) is 0 Å². The first kappa shape index (κ1) is 42.5. The third-order valence-electron chi connectivity index (χ3n) is 7.62. The molecule has 0 radical (unpaired) electrons. The number of benzene rings is 6. The normalized spacial score (nSPS) is 12.7. The van der Waals surface area contributed by atoms with Gasteiger partial charge in [-0.1, -0.05) is 72.8 Å². The molecule has 54 heavy (non-hydrogen) atoms. The van der Waals surface area contributed by atoms with Crippen LogP contribution in [-0.2, 0) is 20.2 Å². The molecule has 0 bridgehead atoms.